The van der Waals surface area contributed by atoms with Crippen LogP contribution in [0.5, 0.6) is 17.2 Å². The Labute approximate surface area is 317 Å². The highest BCUT2D eigenvalue weighted by Gasteiger charge is 2.31. The number of pyridine rings is 3. The molecule has 0 spiro atoms. The van der Waals surface area contributed by atoms with Crippen molar-refractivity contribution in [3.05, 3.63) is 64.2 Å². The number of nitrogens with two attached hydrogens (primary N) is 1. The van der Waals surface area contributed by atoms with Crippen LogP contribution in [0, 0.1) is 13.7 Å². The molecule has 0 saturated heterocycles. The van der Waals surface area contributed by atoms with Gasteiger partial charge in [-0.15, -0.1) is 0 Å². The molecule has 0 saturated carbocycles. The summed E-state index contributed by atoms with van der Waals surface area (Å²) < 4.78 is 114. The number of rotatable bonds is 5. The van der Waals surface area contributed by atoms with Gasteiger partial charge in [-0.2, -0.15) is 39.5 Å². The van der Waals surface area contributed by atoms with E-state index in [0.717, 1.165) is 19.2 Å². The monoisotopic (exact) mass is 955 g/mol. The summed E-state index contributed by atoms with van der Waals surface area (Å²) in [5, 5.41) is 18.2. The van der Waals surface area contributed by atoms with E-state index in [1.807, 2.05) is 22.6 Å². The summed E-state index contributed by atoms with van der Waals surface area (Å²) in [7, 11) is 0. The van der Waals surface area contributed by atoms with Crippen LogP contribution in [0.1, 0.15) is 13.3 Å². The lowest BCUT2D eigenvalue weighted by atomic mass is 10.3. The number of hydrogen-bond acceptors (Lipinski definition) is 11. The molecule has 4 aromatic rings. The van der Waals surface area contributed by atoms with E-state index in [4.69, 9.17) is 68.8 Å². The topological polar surface area (TPSA) is 172 Å². The number of hydrogen-bond donors (Lipinski definition) is 2. The molecule has 0 aliphatic rings. The average molecular weight is 958 g/mol. The third kappa shape index (κ3) is 16.4. The van der Waals surface area contributed by atoms with Crippen molar-refractivity contribution in [3.8, 4) is 17.2 Å². The van der Waals surface area contributed by atoms with E-state index >= 15 is 0 Å². The van der Waals surface area contributed by atoms with Crippen molar-refractivity contribution in [2.45, 2.75) is 31.9 Å². The number of ether oxygens (including phenoxy) is 2. The Kier molecular flexibility index (Phi) is 17.7. The Morgan fingerprint density at radius 1 is 0.824 bits per heavy atom. The first-order valence-corrected chi connectivity index (χ1v) is 15.4. The molecule has 27 heteroatoms. The van der Waals surface area contributed by atoms with Crippen molar-refractivity contribution in [1.82, 2.24) is 24.9 Å². The van der Waals surface area contributed by atoms with Crippen molar-refractivity contribution in [3.63, 3.8) is 0 Å². The molecule has 0 aromatic carbocycles. The van der Waals surface area contributed by atoms with Gasteiger partial charge in [-0.05, 0) is 34.2 Å². The normalized spacial score (nSPS) is 11.3. The predicted molar refractivity (Wildman–Crippen MR) is 176 cm³/mol. The summed E-state index contributed by atoms with van der Waals surface area (Å²) in [4.78, 5) is 27.5. The second-order valence-electron chi connectivity index (χ2n) is 8.57. The van der Waals surface area contributed by atoms with E-state index in [-0.39, 0.29) is 54.0 Å². The molecule has 3 N–H and O–H groups in total. The van der Waals surface area contributed by atoms with Crippen LogP contribution in [0.15, 0.2) is 24.7 Å². The Morgan fingerprint density at radius 3 is 1.78 bits per heavy atom. The van der Waals surface area contributed by atoms with Gasteiger partial charge in [0, 0.05) is 31.1 Å². The number of aromatic nitrogens is 5. The SMILES string of the molecule is CCC(F)(F)F.FC(F)(F)COc1c(Cl)ncc2c(Cl)nc(Cl)nc12.Nc1c(I)cnc(Cl)c1OCC(F)(F)F.O=[N+]([O-])c1ccnc(Cl)c1O. The first-order valence-electron chi connectivity index (χ1n) is 12.5. The number of nitro groups is 1. The van der Waals surface area contributed by atoms with Gasteiger partial charge < -0.3 is 20.3 Å². The molecule has 282 valence electrons. The molecule has 4 heterocycles. The predicted octanol–water partition coefficient (Wildman–Crippen LogP) is 10.1. The molecular formula is C24H16Cl5F9IN7O5. The molecule has 4 aromatic heterocycles. The van der Waals surface area contributed by atoms with E-state index in [9.17, 15) is 49.6 Å². The fourth-order valence-electron chi connectivity index (χ4n) is 2.58. The van der Waals surface area contributed by atoms with Crippen LogP contribution in [0.25, 0.3) is 10.9 Å². The van der Waals surface area contributed by atoms with Crippen molar-refractivity contribution in [2.24, 2.45) is 0 Å². The summed E-state index contributed by atoms with van der Waals surface area (Å²) in [5.41, 5.74) is 5.07. The standard InChI is InChI=1S/C9H3Cl3F3N3O.C7H5ClF3IN2O.C5H3ClN2O3.C3H5F3/c10-6-3-1-16-7(11)5(19-2-9(13,14)15)4(3)17-8(12)18-6;8-6-5(15-2-7(9,10)11)4(13)3(12)1-14-6;6-5-4(9)3(8(10)11)1-2-7-5;1-2-3(4,5)6/h1H,2H2;1H,2H2,(H2,13,14);1-2,9H;2H2,1H3. The third-order valence-electron chi connectivity index (χ3n) is 4.78. The lowest BCUT2D eigenvalue weighted by molar-refractivity contribution is -0.385. The van der Waals surface area contributed by atoms with Crippen molar-refractivity contribution in [1.29, 1.82) is 0 Å². The highest BCUT2D eigenvalue weighted by atomic mass is 127. The van der Waals surface area contributed by atoms with Crippen LogP contribution >= 0.6 is 80.6 Å². The summed E-state index contributed by atoms with van der Waals surface area (Å²) in [5.74, 6) is -1.18. The van der Waals surface area contributed by atoms with Gasteiger partial charge >= 0.3 is 24.2 Å². The number of anilines is 1. The van der Waals surface area contributed by atoms with Crippen LogP contribution in [0.2, 0.25) is 25.9 Å². The Morgan fingerprint density at radius 2 is 1.31 bits per heavy atom. The number of halogens is 15. The molecule has 0 bridgehead atoms. The molecule has 0 radical (unpaired) electrons. The van der Waals surface area contributed by atoms with Crippen molar-refractivity contribution >= 4 is 103 Å². The zero-order chi connectivity index (χ0) is 39.5. The first kappa shape index (κ1) is 46.0. The van der Waals surface area contributed by atoms with Crippen LogP contribution < -0.4 is 15.2 Å². The molecule has 0 aliphatic heterocycles. The van der Waals surface area contributed by atoms with Gasteiger partial charge in [0.05, 0.1) is 19.6 Å². The molecule has 0 atom stereocenters. The fraction of sp³-hybridized carbons (Fsp3) is 0.292. The van der Waals surface area contributed by atoms with E-state index in [0.29, 0.717) is 3.57 Å². The minimum Gasteiger partial charge on any atom is -0.500 e. The minimum atomic E-state index is -4.52. The van der Waals surface area contributed by atoms with E-state index in [1.54, 1.807) is 0 Å². The number of alkyl halides is 9. The molecule has 0 aliphatic carbocycles. The number of nitrogens with zero attached hydrogens (tertiary/aromatic N) is 6. The van der Waals surface area contributed by atoms with Crippen LogP contribution in [0.3, 0.4) is 0 Å². The van der Waals surface area contributed by atoms with Gasteiger partial charge in [-0.1, -0.05) is 53.3 Å². The quantitative estimate of drug-likeness (QED) is 0.0371. The van der Waals surface area contributed by atoms with Gasteiger partial charge in [0.2, 0.25) is 11.0 Å². The Bertz CT molecular complexity index is 1810. The number of fused-ring (bicyclic) bond motifs is 1. The summed E-state index contributed by atoms with van der Waals surface area (Å²) in [6.07, 6.45) is -9.92. The molecule has 0 amide bonds. The molecule has 12 nitrogen and oxygen atoms in total. The van der Waals surface area contributed by atoms with E-state index in [2.05, 4.69) is 34.4 Å². The Balaban J connectivity index is 0.000000364. The van der Waals surface area contributed by atoms with E-state index in [1.165, 1.54) is 12.4 Å². The van der Waals surface area contributed by atoms with Crippen LogP contribution in [0.4, 0.5) is 50.9 Å². The average Bonchev–Trinajstić information content (AvgIpc) is 2.99. The van der Waals surface area contributed by atoms with Crippen LogP contribution in [-0.4, -0.2) is 66.7 Å². The smallest absolute Gasteiger partial charge is 0.422 e. The highest BCUT2D eigenvalue weighted by molar-refractivity contribution is 14.1. The fourth-order valence-corrected chi connectivity index (χ4v) is 3.95. The maximum Gasteiger partial charge on any atom is 0.422 e. The summed E-state index contributed by atoms with van der Waals surface area (Å²) >= 11 is 29.7. The molecule has 0 unspecified atom stereocenters. The van der Waals surface area contributed by atoms with E-state index < -0.39 is 54.5 Å². The lowest BCUT2D eigenvalue weighted by Gasteiger charge is -2.12. The Hall–Kier alpha value is -3.06. The van der Waals surface area contributed by atoms with Gasteiger partial charge in [0.25, 0.3) is 0 Å². The second kappa shape index (κ2) is 19.7. The minimum absolute atomic E-state index is 0.0331. The third-order valence-corrected chi connectivity index (χ3v) is 6.91. The number of nitrogen functional groups attached to an aromatic ring is 1. The lowest BCUT2D eigenvalue weighted by Crippen LogP contribution is -2.20. The van der Waals surface area contributed by atoms with Crippen LogP contribution in [-0.2, 0) is 0 Å². The first-order chi connectivity index (χ1) is 23.3. The van der Waals surface area contributed by atoms with Gasteiger partial charge in [0.15, 0.2) is 40.2 Å². The molecule has 51 heavy (non-hydrogen) atoms. The number of aromatic hydroxyl groups is 1. The highest BCUT2D eigenvalue weighted by Crippen LogP contribution is 2.35. The van der Waals surface area contributed by atoms with Gasteiger partial charge in [-0.3, -0.25) is 10.1 Å². The largest absolute Gasteiger partial charge is 0.500 e. The maximum atomic E-state index is 12.2. The van der Waals surface area contributed by atoms with Gasteiger partial charge in [-0.25, -0.2) is 24.9 Å². The van der Waals surface area contributed by atoms with Crippen molar-refractivity contribution < 1.29 is 59.0 Å². The molecule has 4 rings (SSSR count). The summed E-state index contributed by atoms with van der Waals surface area (Å²) in [6, 6.07) is 1.07. The molecular weight excluding hydrogens is 941 g/mol. The summed E-state index contributed by atoms with van der Waals surface area (Å²) in [6.45, 7) is -1.90. The van der Waals surface area contributed by atoms with Gasteiger partial charge in [0.1, 0.15) is 10.7 Å². The second-order valence-corrected chi connectivity index (χ2v) is 11.5. The molecule has 0 fully saturated rings. The zero-order valence-electron chi connectivity index (χ0n) is 24.4. The maximum absolute atomic E-state index is 12.2. The zero-order valence-corrected chi connectivity index (χ0v) is 30.4. The van der Waals surface area contributed by atoms with Crippen molar-refractivity contribution in [2.75, 3.05) is 18.9 Å².